The van der Waals surface area contributed by atoms with Crippen molar-refractivity contribution in [1.82, 2.24) is 0 Å². The molecule has 0 spiro atoms. The molecule has 4 nitrogen and oxygen atoms in total. The van der Waals surface area contributed by atoms with Crippen molar-refractivity contribution in [2.75, 3.05) is 23.5 Å². The van der Waals surface area contributed by atoms with Crippen molar-refractivity contribution in [2.24, 2.45) is 0 Å². The number of hydrogen-bond acceptors (Lipinski definition) is 3. The third-order valence-electron chi connectivity index (χ3n) is 2.05. The van der Waals surface area contributed by atoms with Gasteiger partial charge in [-0.25, -0.2) is 8.42 Å². The fraction of sp³-hybridized carbons (Fsp3) is 0.400. The number of benzene rings is 1. The Morgan fingerprint density at radius 2 is 2.00 bits per heavy atom. The molecule has 1 aromatic carbocycles. The van der Waals surface area contributed by atoms with Gasteiger partial charge in [-0.15, -0.1) is 11.6 Å². The lowest BCUT2D eigenvalue weighted by atomic mass is 10.3. The number of hydrogen-bond donors (Lipinski definition) is 1. The van der Waals surface area contributed by atoms with Crippen LogP contribution in [0.5, 0.6) is 5.75 Å². The van der Waals surface area contributed by atoms with Crippen LogP contribution in [-0.4, -0.2) is 27.2 Å². The number of nitrogens with one attached hydrogen (secondary N) is 1. The van der Waals surface area contributed by atoms with E-state index in [2.05, 4.69) is 36.6 Å². The van der Waals surface area contributed by atoms with Crippen molar-refractivity contribution in [2.45, 2.75) is 6.42 Å². The lowest BCUT2D eigenvalue weighted by molar-refractivity contribution is 0.412. The van der Waals surface area contributed by atoms with Gasteiger partial charge in [0.1, 0.15) is 5.75 Å². The summed E-state index contributed by atoms with van der Waals surface area (Å²) >= 11 is 12.1. The molecule has 0 heterocycles. The molecule has 102 valence electrons. The maximum atomic E-state index is 11.8. The maximum absolute atomic E-state index is 11.8. The smallest absolute Gasteiger partial charge is 0.232 e. The minimum Gasteiger partial charge on any atom is -0.495 e. The molecule has 0 amide bonds. The Bertz CT molecular complexity index is 522. The van der Waals surface area contributed by atoms with Gasteiger partial charge < -0.3 is 4.74 Å². The molecule has 0 atom stereocenters. The Balaban J connectivity index is 2.97. The first kappa shape index (κ1) is 16.1. The highest BCUT2D eigenvalue weighted by molar-refractivity contribution is 9.11. The monoisotopic (exact) mass is 419 g/mol. The Hall–Kier alpha value is 0.0200. The van der Waals surface area contributed by atoms with Crippen molar-refractivity contribution in [3.8, 4) is 5.75 Å². The van der Waals surface area contributed by atoms with E-state index in [9.17, 15) is 8.42 Å². The molecular formula is C10H12Br2ClNO3S. The largest absolute Gasteiger partial charge is 0.495 e. The zero-order valence-corrected chi connectivity index (χ0v) is 14.3. The van der Waals surface area contributed by atoms with E-state index in [1.165, 1.54) is 7.11 Å². The highest BCUT2D eigenvalue weighted by Crippen LogP contribution is 2.35. The minimum atomic E-state index is -3.39. The third-order valence-corrected chi connectivity index (χ3v) is 4.95. The summed E-state index contributed by atoms with van der Waals surface area (Å²) in [5.41, 5.74) is 0.435. The summed E-state index contributed by atoms with van der Waals surface area (Å²) in [5, 5.41) is 0. The standard InChI is InChI=1S/C10H12Br2ClNO3S/c1-17-10-6-9(7(11)5-8(10)12)14-18(15,16)4-2-3-13/h5-6,14H,2-4H2,1H3. The predicted molar refractivity (Wildman–Crippen MR) is 81.1 cm³/mol. The zero-order valence-electron chi connectivity index (χ0n) is 9.54. The van der Waals surface area contributed by atoms with Crippen LogP contribution in [0.4, 0.5) is 5.69 Å². The summed E-state index contributed by atoms with van der Waals surface area (Å²) in [6, 6.07) is 3.32. The molecule has 0 saturated carbocycles. The van der Waals surface area contributed by atoms with Crippen LogP contribution in [-0.2, 0) is 10.0 Å². The lowest BCUT2D eigenvalue weighted by Gasteiger charge is -2.12. The molecule has 0 unspecified atom stereocenters. The van der Waals surface area contributed by atoms with Gasteiger partial charge in [-0.3, -0.25) is 4.72 Å². The first-order valence-electron chi connectivity index (χ1n) is 4.99. The number of halogens is 3. The summed E-state index contributed by atoms with van der Waals surface area (Å²) in [6.45, 7) is 0. The Kier molecular flexibility index (Phi) is 6.23. The Morgan fingerprint density at radius 3 is 2.56 bits per heavy atom. The van der Waals surface area contributed by atoms with E-state index in [-0.39, 0.29) is 5.75 Å². The average Bonchev–Trinajstić information content (AvgIpc) is 2.30. The van der Waals surface area contributed by atoms with Gasteiger partial charge in [0.25, 0.3) is 0 Å². The number of ether oxygens (including phenoxy) is 1. The van der Waals surface area contributed by atoms with E-state index in [4.69, 9.17) is 16.3 Å². The molecule has 0 aliphatic carbocycles. The molecule has 0 aliphatic heterocycles. The maximum Gasteiger partial charge on any atom is 0.232 e. The molecule has 0 bridgehead atoms. The highest BCUT2D eigenvalue weighted by Gasteiger charge is 2.14. The second-order valence-electron chi connectivity index (χ2n) is 3.43. The second kappa shape index (κ2) is 6.98. The van der Waals surface area contributed by atoms with E-state index >= 15 is 0 Å². The molecule has 0 saturated heterocycles. The first-order valence-corrected chi connectivity index (χ1v) is 8.76. The van der Waals surface area contributed by atoms with Crippen LogP contribution in [0.25, 0.3) is 0 Å². The van der Waals surface area contributed by atoms with Crippen LogP contribution in [0.1, 0.15) is 6.42 Å². The fourth-order valence-corrected chi connectivity index (χ4v) is 4.04. The van der Waals surface area contributed by atoms with Gasteiger partial charge in [0.05, 0.1) is 23.0 Å². The molecule has 18 heavy (non-hydrogen) atoms. The van der Waals surface area contributed by atoms with Crippen molar-refractivity contribution < 1.29 is 13.2 Å². The molecule has 0 radical (unpaired) electrons. The predicted octanol–water partition coefficient (Wildman–Crippen LogP) is 3.59. The molecule has 1 aromatic rings. The van der Waals surface area contributed by atoms with Crippen molar-refractivity contribution in [1.29, 1.82) is 0 Å². The average molecular weight is 422 g/mol. The number of anilines is 1. The molecule has 0 aliphatic rings. The van der Waals surface area contributed by atoms with Crippen LogP contribution in [0.3, 0.4) is 0 Å². The summed E-state index contributed by atoms with van der Waals surface area (Å²) in [5.74, 6) is 0.848. The normalized spacial score (nSPS) is 11.3. The van der Waals surface area contributed by atoms with E-state index < -0.39 is 10.0 Å². The van der Waals surface area contributed by atoms with Gasteiger partial charge in [0, 0.05) is 16.4 Å². The van der Waals surface area contributed by atoms with E-state index in [0.29, 0.717) is 28.2 Å². The molecule has 1 N–H and O–H groups in total. The van der Waals surface area contributed by atoms with Gasteiger partial charge in [0.15, 0.2) is 0 Å². The van der Waals surface area contributed by atoms with Crippen LogP contribution in [0, 0.1) is 0 Å². The number of methoxy groups -OCH3 is 1. The summed E-state index contributed by atoms with van der Waals surface area (Å²) in [6.07, 6.45) is 0.405. The Morgan fingerprint density at radius 1 is 1.33 bits per heavy atom. The fourth-order valence-electron chi connectivity index (χ4n) is 1.23. The SMILES string of the molecule is COc1cc(NS(=O)(=O)CCCCl)c(Br)cc1Br. The van der Waals surface area contributed by atoms with E-state index in [0.717, 1.165) is 4.47 Å². The van der Waals surface area contributed by atoms with Gasteiger partial charge in [-0.05, 0) is 44.3 Å². The molecule has 8 heteroatoms. The zero-order chi connectivity index (χ0) is 13.8. The summed E-state index contributed by atoms with van der Waals surface area (Å²) in [4.78, 5) is 0. The molecular weight excluding hydrogens is 409 g/mol. The van der Waals surface area contributed by atoms with E-state index in [1.807, 2.05) is 0 Å². The molecule has 0 aromatic heterocycles. The van der Waals surface area contributed by atoms with Gasteiger partial charge in [-0.2, -0.15) is 0 Å². The first-order chi connectivity index (χ1) is 8.39. The van der Waals surface area contributed by atoms with Gasteiger partial charge in [0.2, 0.25) is 10.0 Å². The van der Waals surface area contributed by atoms with Gasteiger partial charge in [-0.1, -0.05) is 0 Å². The van der Waals surface area contributed by atoms with Crippen LogP contribution in [0.15, 0.2) is 21.1 Å². The highest BCUT2D eigenvalue weighted by atomic mass is 79.9. The summed E-state index contributed by atoms with van der Waals surface area (Å²) in [7, 11) is -1.88. The van der Waals surface area contributed by atoms with E-state index in [1.54, 1.807) is 12.1 Å². The third kappa shape index (κ3) is 4.60. The molecule has 1 rings (SSSR count). The van der Waals surface area contributed by atoms with Crippen molar-refractivity contribution in [3.05, 3.63) is 21.1 Å². The summed E-state index contributed by atoms with van der Waals surface area (Å²) < 4.78 is 32.5. The van der Waals surface area contributed by atoms with Crippen molar-refractivity contribution >= 4 is 59.2 Å². The van der Waals surface area contributed by atoms with Crippen molar-refractivity contribution in [3.63, 3.8) is 0 Å². The number of sulfonamides is 1. The number of rotatable bonds is 6. The van der Waals surface area contributed by atoms with Gasteiger partial charge >= 0.3 is 0 Å². The quantitative estimate of drug-likeness (QED) is 0.715. The van der Waals surface area contributed by atoms with Crippen LogP contribution >= 0.6 is 43.5 Å². The van der Waals surface area contributed by atoms with Crippen LogP contribution < -0.4 is 9.46 Å². The Labute approximate surface area is 128 Å². The lowest BCUT2D eigenvalue weighted by Crippen LogP contribution is -2.17. The molecule has 0 fully saturated rings. The second-order valence-corrected chi connectivity index (χ2v) is 7.36. The minimum absolute atomic E-state index is 0.0126. The van der Waals surface area contributed by atoms with Crippen LogP contribution in [0.2, 0.25) is 0 Å². The number of alkyl halides is 1. The topological polar surface area (TPSA) is 55.4 Å².